The Bertz CT molecular complexity index is 1310. The minimum absolute atomic E-state index is 0.121. The van der Waals surface area contributed by atoms with E-state index in [1.54, 1.807) is 26.7 Å². The van der Waals surface area contributed by atoms with Crippen LogP contribution in [-0.4, -0.2) is 46.2 Å². The molecule has 0 aliphatic carbocycles. The van der Waals surface area contributed by atoms with E-state index in [0.29, 0.717) is 12.2 Å². The molecule has 1 aliphatic rings. The fraction of sp³-hybridized carbons (Fsp3) is 0.192. The summed E-state index contributed by atoms with van der Waals surface area (Å²) in [6, 6.07) is 18.8. The maximum Gasteiger partial charge on any atom is 0.253 e. The van der Waals surface area contributed by atoms with E-state index in [2.05, 4.69) is 4.98 Å². The van der Waals surface area contributed by atoms with Crippen molar-refractivity contribution in [2.24, 2.45) is 5.10 Å². The maximum absolute atomic E-state index is 13.3. The summed E-state index contributed by atoms with van der Waals surface area (Å²) in [6.07, 6.45) is 5.77. The number of methoxy groups -OCH3 is 2. The summed E-state index contributed by atoms with van der Waals surface area (Å²) in [5.41, 5.74) is 2.71. The van der Waals surface area contributed by atoms with Crippen molar-refractivity contribution < 1.29 is 18.7 Å². The van der Waals surface area contributed by atoms with Gasteiger partial charge in [-0.25, -0.2) is 9.99 Å². The van der Waals surface area contributed by atoms with Crippen molar-refractivity contribution in [1.29, 1.82) is 0 Å². The summed E-state index contributed by atoms with van der Waals surface area (Å²) in [5, 5.41) is 6.95. The number of nitrogens with zero attached hydrogens (tertiary/aromatic N) is 4. The van der Waals surface area contributed by atoms with Crippen molar-refractivity contribution in [3.8, 4) is 17.2 Å². The summed E-state index contributed by atoms with van der Waals surface area (Å²) in [4.78, 5) is 17.8. The molecule has 0 N–H and O–H groups in total. The van der Waals surface area contributed by atoms with Crippen molar-refractivity contribution in [2.75, 3.05) is 20.0 Å². The van der Waals surface area contributed by atoms with Crippen LogP contribution in [0.3, 0.4) is 0 Å². The van der Waals surface area contributed by atoms with Gasteiger partial charge in [-0.3, -0.25) is 9.36 Å². The summed E-state index contributed by atoms with van der Waals surface area (Å²) < 4.78 is 18.1. The third-order valence-electron chi connectivity index (χ3n) is 5.74. The van der Waals surface area contributed by atoms with Crippen LogP contribution in [-0.2, 0) is 4.79 Å². The lowest BCUT2D eigenvalue weighted by Crippen LogP contribution is -2.28. The number of hydrogen-bond acceptors (Lipinski definition) is 7. The molecule has 0 unspecified atom stereocenters. The molecule has 4 aromatic rings. The van der Waals surface area contributed by atoms with Crippen molar-refractivity contribution >= 4 is 23.4 Å². The normalized spacial score (nSPS) is 15.2. The Balaban J connectivity index is 1.34. The molecule has 2 aromatic carbocycles. The number of carbonyl (C=O) groups excluding carboxylic acids is 1. The van der Waals surface area contributed by atoms with Crippen molar-refractivity contribution in [2.45, 2.75) is 17.6 Å². The zero-order valence-electron chi connectivity index (χ0n) is 19.3. The van der Waals surface area contributed by atoms with Gasteiger partial charge in [0.15, 0.2) is 5.16 Å². The Morgan fingerprint density at radius 1 is 1.06 bits per heavy atom. The first-order chi connectivity index (χ1) is 17.2. The van der Waals surface area contributed by atoms with Gasteiger partial charge in [-0.2, -0.15) is 5.10 Å². The molecule has 178 valence electrons. The molecule has 3 heterocycles. The van der Waals surface area contributed by atoms with Gasteiger partial charge in [0.1, 0.15) is 23.3 Å². The third kappa shape index (κ3) is 4.81. The number of furan rings is 1. The average Bonchev–Trinajstić information content (AvgIpc) is 3.68. The van der Waals surface area contributed by atoms with Crippen LogP contribution in [0.2, 0.25) is 0 Å². The zero-order valence-corrected chi connectivity index (χ0v) is 20.1. The van der Waals surface area contributed by atoms with Gasteiger partial charge < -0.3 is 13.9 Å². The number of aromatic nitrogens is 2. The first-order valence-corrected chi connectivity index (χ1v) is 12.0. The van der Waals surface area contributed by atoms with Gasteiger partial charge in [-0.1, -0.05) is 11.8 Å². The molecule has 1 amide bonds. The third-order valence-corrected chi connectivity index (χ3v) is 6.69. The molecule has 0 saturated carbocycles. The molecule has 1 aliphatic heterocycles. The SMILES string of the molecule is COc1ccc(C2=NN(C(=O)CSc3nccn3-c3ccc(OC)cc3)[C@H](c3ccco3)C2)cc1. The van der Waals surface area contributed by atoms with E-state index in [9.17, 15) is 4.79 Å². The number of ether oxygens (including phenoxy) is 2. The van der Waals surface area contributed by atoms with Crippen LogP contribution in [0.25, 0.3) is 5.69 Å². The molecule has 1 atom stereocenters. The molecule has 0 saturated heterocycles. The number of carbonyl (C=O) groups is 1. The molecular weight excluding hydrogens is 464 g/mol. The fourth-order valence-corrected chi connectivity index (χ4v) is 4.75. The number of thioether (sulfide) groups is 1. The highest BCUT2D eigenvalue weighted by Crippen LogP contribution is 2.34. The van der Waals surface area contributed by atoms with E-state index in [-0.39, 0.29) is 17.7 Å². The predicted octanol–water partition coefficient (Wildman–Crippen LogP) is 4.95. The van der Waals surface area contributed by atoms with Gasteiger partial charge in [-0.15, -0.1) is 0 Å². The first-order valence-electron chi connectivity index (χ1n) is 11.0. The second-order valence-electron chi connectivity index (χ2n) is 7.82. The molecule has 0 bridgehead atoms. The standard InChI is InChI=1S/C26H24N4O4S/c1-32-20-9-5-18(6-10-20)22-16-23(24-4-3-15-34-24)30(28-22)25(31)17-35-26-27-13-14-29(26)19-7-11-21(33-2)12-8-19/h3-15,23H,16-17H2,1-2H3/t23-/m0/s1. The molecule has 35 heavy (non-hydrogen) atoms. The minimum Gasteiger partial charge on any atom is -0.497 e. The quantitative estimate of drug-likeness (QED) is 0.326. The van der Waals surface area contributed by atoms with Gasteiger partial charge in [0.25, 0.3) is 5.91 Å². The van der Waals surface area contributed by atoms with Gasteiger partial charge in [0.2, 0.25) is 0 Å². The van der Waals surface area contributed by atoms with Crippen molar-refractivity contribution in [3.05, 3.63) is 90.6 Å². The Labute approximate surface area is 207 Å². The van der Waals surface area contributed by atoms with Gasteiger partial charge in [0.05, 0.1) is 31.9 Å². The Hall–Kier alpha value is -3.98. The molecule has 0 radical (unpaired) electrons. The van der Waals surface area contributed by atoms with E-state index in [1.807, 2.05) is 71.4 Å². The summed E-state index contributed by atoms with van der Waals surface area (Å²) in [5.74, 6) is 2.32. The van der Waals surface area contributed by atoms with E-state index >= 15 is 0 Å². The van der Waals surface area contributed by atoms with E-state index in [0.717, 1.165) is 33.6 Å². The highest BCUT2D eigenvalue weighted by atomic mass is 32.2. The topological polar surface area (TPSA) is 82.1 Å². The molecule has 8 nitrogen and oxygen atoms in total. The molecule has 2 aromatic heterocycles. The summed E-state index contributed by atoms with van der Waals surface area (Å²) >= 11 is 1.37. The largest absolute Gasteiger partial charge is 0.497 e. The van der Waals surface area contributed by atoms with Crippen LogP contribution >= 0.6 is 11.8 Å². The molecular formula is C26H24N4O4S. The van der Waals surface area contributed by atoms with E-state index in [1.165, 1.54) is 16.8 Å². The van der Waals surface area contributed by atoms with Crippen LogP contribution in [0.1, 0.15) is 23.8 Å². The number of hydrogen-bond donors (Lipinski definition) is 0. The molecule has 0 spiro atoms. The number of imidazole rings is 1. The van der Waals surface area contributed by atoms with Gasteiger partial charge in [-0.05, 0) is 66.2 Å². The van der Waals surface area contributed by atoms with E-state index in [4.69, 9.17) is 19.0 Å². The van der Waals surface area contributed by atoms with Crippen LogP contribution < -0.4 is 9.47 Å². The zero-order chi connectivity index (χ0) is 24.2. The number of benzene rings is 2. The minimum atomic E-state index is -0.295. The van der Waals surface area contributed by atoms with Crippen molar-refractivity contribution in [1.82, 2.24) is 14.6 Å². The lowest BCUT2D eigenvalue weighted by molar-refractivity contribution is -0.130. The maximum atomic E-state index is 13.3. The second-order valence-corrected chi connectivity index (χ2v) is 8.76. The Morgan fingerprint density at radius 3 is 2.43 bits per heavy atom. The summed E-state index contributed by atoms with van der Waals surface area (Å²) in [7, 11) is 3.27. The first kappa shape index (κ1) is 22.8. The summed E-state index contributed by atoms with van der Waals surface area (Å²) in [6.45, 7) is 0. The van der Waals surface area contributed by atoms with E-state index < -0.39 is 0 Å². The van der Waals surface area contributed by atoms with Crippen molar-refractivity contribution in [3.63, 3.8) is 0 Å². The number of hydrazone groups is 1. The molecule has 5 rings (SSSR count). The smallest absolute Gasteiger partial charge is 0.253 e. The molecule has 0 fully saturated rings. The monoisotopic (exact) mass is 488 g/mol. The fourth-order valence-electron chi connectivity index (χ4n) is 3.93. The lowest BCUT2D eigenvalue weighted by Gasteiger charge is -2.19. The van der Waals surface area contributed by atoms with Crippen LogP contribution in [0.15, 0.2) is 94.0 Å². The second kappa shape index (κ2) is 10.1. The van der Waals surface area contributed by atoms with Crippen LogP contribution in [0, 0.1) is 0 Å². The van der Waals surface area contributed by atoms with Crippen LogP contribution in [0.4, 0.5) is 0 Å². The Morgan fingerprint density at radius 2 is 1.77 bits per heavy atom. The highest BCUT2D eigenvalue weighted by Gasteiger charge is 2.35. The molecule has 9 heteroatoms. The predicted molar refractivity (Wildman–Crippen MR) is 133 cm³/mol. The lowest BCUT2D eigenvalue weighted by atomic mass is 10.0. The van der Waals surface area contributed by atoms with Gasteiger partial charge in [0, 0.05) is 24.5 Å². The average molecular weight is 489 g/mol. The van der Waals surface area contributed by atoms with Crippen LogP contribution in [0.5, 0.6) is 11.5 Å². The van der Waals surface area contributed by atoms with Gasteiger partial charge >= 0.3 is 0 Å². The highest BCUT2D eigenvalue weighted by molar-refractivity contribution is 7.99. The number of rotatable bonds is 8. The Kier molecular flexibility index (Phi) is 6.58. The number of amides is 1.